The molecule has 3 aromatic heterocycles. The standard InChI is InChI=1S/C22H24N4O3S/c1-4-28-17-6-7-19-20(13-17)30-22(24-19)26(10-5-9-25-11-8-23-14-25)21(27)18-12-15(2)29-16(18)3/h6-8,11-14H,4-5,9-10H2,1-3H3. The molecule has 0 bridgehead atoms. The number of furan rings is 1. The Bertz CT molecular complexity index is 1150. The van der Waals surface area contributed by atoms with Crippen molar-refractivity contribution in [1.29, 1.82) is 0 Å². The second kappa shape index (κ2) is 8.71. The van der Waals surface area contributed by atoms with E-state index in [1.807, 2.05) is 49.7 Å². The number of anilines is 1. The van der Waals surface area contributed by atoms with Gasteiger partial charge in [-0.2, -0.15) is 0 Å². The smallest absolute Gasteiger partial charge is 0.263 e. The van der Waals surface area contributed by atoms with E-state index in [1.165, 1.54) is 11.3 Å². The lowest BCUT2D eigenvalue weighted by Gasteiger charge is -2.19. The number of thiazole rings is 1. The van der Waals surface area contributed by atoms with Gasteiger partial charge in [-0.1, -0.05) is 11.3 Å². The van der Waals surface area contributed by atoms with Crippen LogP contribution < -0.4 is 9.64 Å². The van der Waals surface area contributed by atoms with Crippen LogP contribution in [0.2, 0.25) is 0 Å². The molecule has 0 aliphatic rings. The molecule has 0 N–H and O–H groups in total. The Morgan fingerprint density at radius 1 is 1.30 bits per heavy atom. The normalized spacial score (nSPS) is 11.2. The fourth-order valence-corrected chi connectivity index (χ4v) is 4.39. The van der Waals surface area contributed by atoms with Crippen molar-refractivity contribution in [2.24, 2.45) is 0 Å². The highest BCUT2D eigenvalue weighted by Gasteiger charge is 2.24. The van der Waals surface area contributed by atoms with Gasteiger partial charge in [-0.05, 0) is 51.5 Å². The third kappa shape index (κ3) is 4.23. The first-order valence-corrected chi connectivity index (χ1v) is 10.7. The van der Waals surface area contributed by atoms with E-state index in [-0.39, 0.29) is 5.91 Å². The van der Waals surface area contributed by atoms with Crippen LogP contribution in [0.15, 0.2) is 47.4 Å². The Morgan fingerprint density at radius 3 is 2.87 bits per heavy atom. The Labute approximate surface area is 178 Å². The molecule has 0 saturated carbocycles. The van der Waals surface area contributed by atoms with Crippen molar-refractivity contribution in [3.05, 3.63) is 60.1 Å². The average molecular weight is 425 g/mol. The van der Waals surface area contributed by atoms with Gasteiger partial charge in [0.05, 0.1) is 28.7 Å². The van der Waals surface area contributed by atoms with Crippen molar-refractivity contribution < 1.29 is 13.9 Å². The number of carbonyl (C=O) groups excluding carboxylic acids is 1. The second-order valence-electron chi connectivity index (χ2n) is 7.00. The number of aryl methyl sites for hydroxylation is 3. The number of benzene rings is 1. The molecule has 0 aliphatic heterocycles. The van der Waals surface area contributed by atoms with E-state index in [2.05, 4.69) is 4.98 Å². The maximum atomic E-state index is 13.4. The SMILES string of the molecule is CCOc1ccc2nc(N(CCCn3ccnc3)C(=O)c3cc(C)oc3C)sc2c1. The zero-order valence-electron chi connectivity index (χ0n) is 17.3. The summed E-state index contributed by atoms with van der Waals surface area (Å²) in [4.78, 5) is 24.0. The topological polar surface area (TPSA) is 73.4 Å². The molecule has 30 heavy (non-hydrogen) atoms. The minimum absolute atomic E-state index is 0.0981. The largest absolute Gasteiger partial charge is 0.494 e. The zero-order chi connectivity index (χ0) is 21.1. The average Bonchev–Trinajstić information content (AvgIpc) is 3.44. The molecule has 0 aliphatic carbocycles. The number of hydrogen-bond donors (Lipinski definition) is 0. The van der Waals surface area contributed by atoms with Crippen LogP contribution in [0.1, 0.15) is 35.2 Å². The van der Waals surface area contributed by atoms with Gasteiger partial charge in [-0.25, -0.2) is 9.97 Å². The summed E-state index contributed by atoms with van der Waals surface area (Å²) < 4.78 is 14.2. The molecule has 7 nitrogen and oxygen atoms in total. The fraction of sp³-hybridized carbons (Fsp3) is 0.318. The summed E-state index contributed by atoms with van der Waals surface area (Å²) in [5, 5.41) is 0.674. The first-order chi connectivity index (χ1) is 14.5. The van der Waals surface area contributed by atoms with Gasteiger partial charge in [0.25, 0.3) is 5.91 Å². The Kier molecular flexibility index (Phi) is 5.85. The van der Waals surface area contributed by atoms with Crippen molar-refractivity contribution in [2.45, 2.75) is 33.7 Å². The van der Waals surface area contributed by atoms with E-state index in [9.17, 15) is 4.79 Å². The summed E-state index contributed by atoms with van der Waals surface area (Å²) in [6.07, 6.45) is 6.23. The maximum absolute atomic E-state index is 13.4. The lowest BCUT2D eigenvalue weighted by molar-refractivity contribution is 0.0985. The number of nitrogens with zero attached hydrogens (tertiary/aromatic N) is 4. The van der Waals surface area contributed by atoms with Gasteiger partial charge in [0.2, 0.25) is 0 Å². The highest BCUT2D eigenvalue weighted by molar-refractivity contribution is 7.22. The van der Waals surface area contributed by atoms with Crippen molar-refractivity contribution in [3.63, 3.8) is 0 Å². The second-order valence-corrected chi connectivity index (χ2v) is 8.01. The van der Waals surface area contributed by atoms with Crippen LogP contribution in [0.25, 0.3) is 10.2 Å². The minimum Gasteiger partial charge on any atom is -0.494 e. The molecule has 0 radical (unpaired) electrons. The molecule has 156 valence electrons. The van der Waals surface area contributed by atoms with E-state index in [0.29, 0.717) is 29.6 Å². The minimum atomic E-state index is -0.0981. The van der Waals surface area contributed by atoms with Crippen molar-refractivity contribution in [2.75, 3.05) is 18.1 Å². The first kappa shape index (κ1) is 20.2. The van der Waals surface area contributed by atoms with E-state index in [1.54, 1.807) is 23.5 Å². The molecule has 0 fully saturated rings. The maximum Gasteiger partial charge on any atom is 0.263 e. The molecular weight excluding hydrogens is 400 g/mol. The Morgan fingerprint density at radius 2 is 2.17 bits per heavy atom. The van der Waals surface area contributed by atoms with Crippen LogP contribution in [0, 0.1) is 13.8 Å². The van der Waals surface area contributed by atoms with Crippen LogP contribution in [0.3, 0.4) is 0 Å². The molecule has 4 rings (SSSR count). The molecule has 0 unspecified atom stereocenters. The summed E-state index contributed by atoms with van der Waals surface area (Å²) in [7, 11) is 0. The highest BCUT2D eigenvalue weighted by Crippen LogP contribution is 2.33. The number of carbonyl (C=O) groups is 1. The van der Waals surface area contributed by atoms with Crippen LogP contribution in [0.4, 0.5) is 5.13 Å². The van der Waals surface area contributed by atoms with E-state index >= 15 is 0 Å². The molecule has 1 amide bonds. The monoisotopic (exact) mass is 424 g/mol. The van der Waals surface area contributed by atoms with Gasteiger partial charge in [-0.3, -0.25) is 9.69 Å². The summed E-state index contributed by atoms with van der Waals surface area (Å²) in [6, 6.07) is 7.61. The molecule has 3 heterocycles. The van der Waals surface area contributed by atoms with Crippen molar-refractivity contribution >= 4 is 32.6 Å². The Balaban J connectivity index is 1.64. The number of ether oxygens (including phenoxy) is 1. The number of aromatic nitrogens is 3. The van der Waals surface area contributed by atoms with Crippen LogP contribution in [-0.4, -0.2) is 33.6 Å². The van der Waals surface area contributed by atoms with Gasteiger partial charge in [0, 0.05) is 25.5 Å². The van der Waals surface area contributed by atoms with Gasteiger partial charge in [-0.15, -0.1) is 0 Å². The van der Waals surface area contributed by atoms with Gasteiger partial charge >= 0.3 is 0 Å². The predicted molar refractivity (Wildman–Crippen MR) is 117 cm³/mol. The lowest BCUT2D eigenvalue weighted by atomic mass is 10.2. The Hall–Kier alpha value is -3.13. The van der Waals surface area contributed by atoms with Crippen molar-refractivity contribution in [3.8, 4) is 5.75 Å². The predicted octanol–water partition coefficient (Wildman–Crippen LogP) is 4.84. The quantitative estimate of drug-likeness (QED) is 0.405. The van der Waals surface area contributed by atoms with Crippen LogP contribution in [0.5, 0.6) is 5.75 Å². The van der Waals surface area contributed by atoms with Gasteiger partial charge < -0.3 is 13.7 Å². The van der Waals surface area contributed by atoms with E-state index < -0.39 is 0 Å². The number of amides is 1. The summed E-state index contributed by atoms with van der Waals surface area (Å²) in [5.41, 5.74) is 1.43. The number of hydrogen-bond acceptors (Lipinski definition) is 6. The van der Waals surface area contributed by atoms with Crippen LogP contribution >= 0.6 is 11.3 Å². The van der Waals surface area contributed by atoms with Gasteiger partial charge in [0.1, 0.15) is 17.3 Å². The number of imidazole rings is 1. The van der Waals surface area contributed by atoms with E-state index in [0.717, 1.165) is 34.7 Å². The van der Waals surface area contributed by atoms with E-state index in [4.69, 9.17) is 14.1 Å². The third-order valence-electron chi connectivity index (χ3n) is 4.76. The zero-order valence-corrected chi connectivity index (χ0v) is 18.1. The summed E-state index contributed by atoms with van der Waals surface area (Å²) in [5.74, 6) is 2.05. The molecule has 0 saturated heterocycles. The first-order valence-electron chi connectivity index (χ1n) is 9.93. The van der Waals surface area contributed by atoms with Gasteiger partial charge in [0.15, 0.2) is 5.13 Å². The summed E-state index contributed by atoms with van der Waals surface area (Å²) >= 11 is 1.49. The molecule has 1 aromatic carbocycles. The molecule has 0 atom stereocenters. The highest BCUT2D eigenvalue weighted by atomic mass is 32.1. The van der Waals surface area contributed by atoms with Crippen molar-refractivity contribution in [1.82, 2.24) is 14.5 Å². The summed E-state index contributed by atoms with van der Waals surface area (Å²) in [6.45, 7) is 7.54. The fourth-order valence-electron chi connectivity index (χ4n) is 3.37. The molecular formula is C22H24N4O3S. The molecule has 4 aromatic rings. The molecule has 0 spiro atoms. The third-order valence-corrected chi connectivity index (χ3v) is 5.81. The number of fused-ring (bicyclic) bond motifs is 1. The lowest BCUT2D eigenvalue weighted by Crippen LogP contribution is -2.32. The molecule has 8 heteroatoms. The number of rotatable bonds is 8. The van der Waals surface area contributed by atoms with Crippen LogP contribution in [-0.2, 0) is 6.54 Å².